The molecule has 0 unspecified atom stereocenters. The first-order chi connectivity index (χ1) is 16.2. The summed E-state index contributed by atoms with van der Waals surface area (Å²) >= 11 is 1.33. The first-order valence-corrected chi connectivity index (χ1v) is 11.4. The van der Waals surface area contributed by atoms with E-state index in [9.17, 15) is 4.79 Å². The third-order valence-corrected chi connectivity index (χ3v) is 5.96. The summed E-state index contributed by atoms with van der Waals surface area (Å²) in [5.74, 6) is 1.46. The van der Waals surface area contributed by atoms with Crippen LogP contribution in [0.4, 0.5) is 5.69 Å². The number of hydrogen-bond donors (Lipinski definition) is 1. The maximum Gasteiger partial charge on any atom is 0.234 e. The molecule has 7 heteroatoms. The van der Waals surface area contributed by atoms with E-state index >= 15 is 0 Å². The van der Waals surface area contributed by atoms with Crippen LogP contribution in [0.5, 0.6) is 5.75 Å². The molecule has 4 rings (SSSR count). The standard InChI is InChI=1S/C26H24N4O2S/c1-3-17-30-25(21-14-8-10-16-23(21)32-2)28-29-26(30)33-18-24(31)27-22-15-9-7-13-20(22)19-11-5-4-6-12-19/h3-16H,1,17-18H2,2H3,(H,27,31). The number of rotatable bonds is 9. The van der Waals surface area contributed by atoms with E-state index in [4.69, 9.17) is 4.74 Å². The van der Waals surface area contributed by atoms with Crippen molar-refractivity contribution in [2.24, 2.45) is 0 Å². The molecule has 0 radical (unpaired) electrons. The van der Waals surface area contributed by atoms with Crippen LogP contribution in [0.15, 0.2) is 96.7 Å². The maximum absolute atomic E-state index is 12.8. The van der Waals surface area contributed by atoms with Gasteiger partial charge < -0.3 is 10.1 Å². The molecule has 0 saturated heterocycles. The normalized spacial score (nSPS) is 10.6. The summed E-state index contributed by atoms with van der Waals surface area (Å²) in [4.78, 5) is 12.8. The molecule has 0 aliphatic heterocycles. The molecule has 0 bridgehead atoms. The van der Waals surface area contributed by atoms with Crippen LogP contribution in [0.25, 0.3) is 22.5 Å². The Morgan fingerprint density at radius 3 is 2.45 bits per heavy atom. The van der Waals surface area contributed by atoms with Gasteiger partial charge in [0.25, 0.3) is 0 Å². The fourth-order valence-corrected chi connectivity index (χ4v) is 4.24. The van der Waals surface area contributed by atoms with E-state index in [1.54, 1.807) is 13.2 Å². The van der Waals surface area contributed by atoms with Crippen LogP contribution in [-0.4, -0.2) is 33.5 Å². The van der Waals surface area contributed by atoms with Crippen molar-refractivity contribution in [1.82, 2.24) is 14.8 Å². The number of para-hydroxylation sites is 2. The van der Waals surface area contributed by atoms with Gasteiger partial charge in [-0.3, -0.25) is 9.36 Å². The highest BCUT2D eigenvalue weighted by Gasteiger charge is 2.18. The number of benzene rings is 3. The number of allylic oxidation sites excluding steroid dienone is 1. The van der Waals surface area contributed by atoms with Gasteiger partial charge in [0.2, 0.25) is 5.91 Å². The van der Waals surface area contributed by atoms with Crippen LogP contribution < -0.4 is 10.1 Å². The quantitative estimate of drug-likeness (QED) is 0.265. The van der Waals surface area contributed by atoms with Gasteiger partial charge in [-0.1, -0.05) is 78.5 Å². The maximum atomic E-state index is 12.8. The monoisotopic (exact) mass is 456 g/mol. The summed E-state index contributed by atoms with van der Waals surface area (Å²) < 4.78 is 7.41. The number of methoxy groups -OCH3 is 1. The molecule has 0 spiro atoms. The summed E-state index contributed by atoms with van der Waals surface area (Å²) in [5, 5.41) is 12.4. The smallest absolute Gasteiger partial charge is 0.234 e. The minimum Gasteiger partial charge on any atom is -0.496 e. The Balaban J connectivity index is 1.51. The predicted octanol–water partition coefficient (Wildman–Crippen LogP) is 5.54. The predicted molar refractivity (Wildman–Crippen MR) is 133 cm³/mol. The number of nitrogens with zero attached hydrogens (tertiary/aromatic N) is 3. The van der Waals surface area contributed by atoms with E-state index in [0.717, 1.165) is 22.4 Å². The molecule has 0 aliphatic carbocycles. The average Bonchev–Trinajstić information content (AvgIpc) is 3.26. The molecular formula is C26H24N4O2S. The Labute approximate surface area is 197 Å². The first kappa shape index (κ1) is 22.4. The molecule has 0 atom stereocenters. The number of amides is 1. The molecular weight excluding hydrogens is 432 g/mol. The second kappa shape index (κ2) is 10.7. The minimum atomic E-state index is -0.115. The lowest BCUT2D eigenvalue weighted by atomic mass is 10.0. The zero-order valence-electron chi connectivity index (χ0n) is 18.3. The molecule has 33 heavy (non-hydrogen) atoms. The topological polar surface area (TPSA) is 69.0 Å². The van der Waals surface area contributed by atoms with Crippen LogP contribution in [0, 0.1) is 0 Å². The minimum absolute atomic E-state index is 0.115. The lowest BCUT2D eigenvalue weighted by molar-refractivity contribution is -0.113. The van der Waals surface area contributed by atoms with E-state index < -0.39 is 0 Å². The van der Waals surface area contributed by atoms with Crippen molar-refractivity contribution in [3.8, 4) is 28.3 Å². The molecule has 0 saturated carbocycles. The molecule has 1 heterocycles. The van der Waals surface area contributed by atoms with Crippen molar-refractivity contribution >= 4 is 23.4 Å². The molecule has 1 aromatic heterocycles. The van der Waals surface area contributed by atoms with E-state index in [-0.39, 0.29) is 11.7 Å². The Bertz CT molecular complexity index is 1250. The van der Waals surface area contributed by atoms with Crippen LogP contribution in [-0.2, 0) is 11.3 Å². The van der Waals surface area contributed by atoms with E-state index in [0.29, 0.717) is 23.3 Å². The molecule has 0 aliphatic rings. The molecule has 1 amide bonds. The number of carbonyl (C=O) groups is 1. The van der Waals surface area contributed by atoms with Crippen molar-refractivity contribution in [1.29, 1.82) is 0 Å². The molecule has 166 valence electrons. The molecule has 4 aromatic rings. The van der Waals surface area contributed by atoms with Crippen molar-refractivity contribution in [2.75, 3.05) is 18.2 Å². The molecule has 3 aromatic carbocycles. The highest BCUT2D eigenvalue weighted by Crippen LogP contribution is 2.31. The number of aromatic nitrogens is 3. The van der Waals surface area contributed by atoms with Gasteiger partial charge in [0.15, 0.2) is 11.0 Å². The SMILES string of the molecule is C=CCn1c(SCC(=O)Nc2ccccc2-c2ccccc2)nnc1-c1ccccc1OC. The first-order valence-electron chi connectivity index (χ1n) is 10.5. The van der Waals surface area contributed by atoms with Gasteiger partial charge in [0.05, 0.1) is 18.4 Å². The second-order valence-electron chi connectivity index (χ2n) is 7.15. The number of thioether (sulfide) groups is 1. The van der Waals surface area contributed by atoms with Gasteiger partial charge in [0, 0.05) is 17.8 Å². The molecule has 1 N–H and O–H groups in total. The zero-order chi connectivity index (χ0) is 23.0. The second-order valence-corrected chi connectivity index (χ2v) is 8.10. The number of ether oxygens (including phenoxy) is 1. The largest absolute Gasteiger partial charge is 0.496 e. The zero-order valence-corrected chi connectivity index (χ0v) is 19.1. The number of anilines is 1. The van der Waals surface area contributed by atoms with Gasteiger partial charge in [-0.05, 0) is 23.8 Å². The van der Waals surface area contributed by atoms with E-state index in [1.807, 2.05) is 83.4 Å². The number of nitrogens with one attached hydrogen (secondary N) is 1. The van der Waals surface area contributed by atoms with Crippen LogP contribution >= 0.6 is 11.8 Å². The number of hydrogen-bond acceptors (Lipinski definition) is 5. The van der Waals surface area contributed by atoms with E-state index in [2.05, 4.69) is 22.1 Å². The van der Waals surface area contributed by atoms with Gasteiger partial charge >= 0.3 is 0 Å². The van der Waals surface area contributed by atoms with Crippen molar-refractivity contribution in [3.05, 3.63) is 91.5 Å². The summed E-state index contributed by atoms with van der Waals surface area (Å²) in [6, 6.07) is 25.4. The Kier molecular flexibility index (Phi) is 7.22. The Morgan fingerprint density at radius 1 is 1.00 bits per heavy atom. The van der Waals surface area contributed by atoms with Crippen LogP contribution in [0.2, 0.25) is 0 Å². The third-order valence-electron chi connectivity index (χ3n) is 4.99. The average molecular weight is 457 g/mol. The fourth-order valence-electron chi connectivity index (χ4n) is 3.50. The van der Waals surface area contributed by atoms with Crippen LogP contribution in [0.3, 0.4) is 0 Å². The molecule has 0 fully saturated rings. The number of carbonyl (C=O) groups excluding carboxylic acids is 1. The van der Waals surface area contributed by atoms with Gasteiger partial charge in [-0.15, -0.1) is 16.8 Å². The van der Waals surface area contributed by atoms with Crippen molar-refractivity contribution in [3.63, 3.8) is 0 Å². The lowest BCUT2D eigenvalue weighted by Crippen LogP contribution is -2.15. The summed E-state index contributed by atoms with van der Waals surface area (Å²) in [5.41, 5.74) is 3.64. The van der Waals surface area contributed by atoms with Crippen LogP contribution in [0.1, 0.15) is 0 Å². The third kappa shape index (κ3) is 5.15. The van der Waals surface area contributed by atoms with E-state index in [1.165, 1.54) is 11.8 Å². The Morgan fingerprint density at radius 2 is 1.70 bits per heavy atom. The summed E-state index contributed by atoms with van der Waals surface area (Å²) in [6.45, 7) is 4.36. The molecule has 6 nitrogen and oxygen atoms in total. The van der Waals surface area contributed by atoms with Gasteiger partial charge in [-0.25, -0.2) is 0 Å². The van der Waals surface area contributed by atoms with Crippen molar-refractivity contribution in [2.45, 2.75) is 11.7 Å². The van der Waals surface area contributed by atoms with Gasteiger partial charge in [0.1, 0.15) is 5.75 Å². The van der Waals surface area contributed by atoms with Gasteiger partial charge in [-0.2, -0.15) is 0 Å². The summed E-state index contributed by atoms with van der Waals surface area (Å²) in [7, 11) is 1.63. The summed E-state index contributed by atoms with van der Waals surface area (Å²) in [6.07, 6.45) is 1.78. The Hall–Kier alpha value is -3.84. The highest BCUT2D eigenvalue weighted by molar-refractivity contribution is 7.99. The fraction of sp³-hybridized carbons (Fsp3) is 0.115. The van der Waals surface area contributed by atoms with Crippen molar-refractivity contribution < 1.29 is 9.53 Å². The highest BCUT2D eigenvalue weighted by atomic mass is 32.2. The lowest BCUT2D eigenvalue weighted by Gasteiger charge is -2.12.